The lowest BCUT2D eigenvalue weighted by Gasteiger charge is -2.31. The number of aromatic nitrogens is 6. The third-order valence-electron chi connectivity index (χ3n) is 4.70. The van der Waals surface area contributed by atoms with Crippen molar-refractivity contribution in [1.29, 1.82) is 0 Å². The Morgan fingerprint density at radius 3 is 2.57 bits per heavy atom. The van der Waals surface area contributed by atoms with Crippen LogP contribution in [-0.2, 0) is 12.3 Å². The Morgan fingerprint density at radius 1 is 1.14 bits per heavy atom. The van der Waals surface area contributed by atoms with Gasteiger partial charge in [0.1, 0.15) is 11.6 Å². The quantitative estimate of drug-likeness (QED) is 0.588. The van der Waals surface area contributed by atoms with Gasteiger partial charge in [0.2, 0.25) is 17.8 Å². The Balaban J connectivity index is 1.57. The van der Waals surface area contributed by atoms with E-state index in [1.54, 1.807) is 6.26 Å². The number of thioether (sulfide) groups is 1. The van der Waals surface area contributed by atoms with Gasteiger partial charge in [0.25, 0.3) is 0 Å². The summed E-state index contributed by atoms with van der Waals surface area (Å²) in [7, 11) is 0. The van der Waals surface area contributed by atoms with Gasteiger partial charge in [-0.3, -0.25) is 4.57 Å². The number of nitrogen functional groups attached to an aromatic ring is 2. The van der Waals surface area contributed by atoms with Crippen molar-refractivity contribution in [2.45, 2.75) is 37.2 Å². The van der Waals surface area contributed by atoms with Crippen LogP contribution in [0, 0.1) is 5.92 Å². The summed E-state index contributed by atoms with van der Waals surface area (Å²) < 4.78 is 7.62. The zero-order valence-corrected chi connectivity index (χ0v) is 16.5. The number of nitrogens with zero attached hydrogens (tertiary/aromatic N) is 7. The van der Waals surface area contributed by atoms with E-state index in [4.69, 9.17) is 15.9 Å². The van der Waals surface area contributed by atoms with Gasteiger partial charge in [-0.05, 0) is 30.9 Å². The maximum absolute atomic E-state index is 5.66. The Morgan fingerprint density at radius 2 is 1.89 bits per heavy atom. The van der Waals surface area contributed by atoms with Crippen LogP contribution in [0.2, 0.25) is 0 Å². The molecule has 1 aliphatic rings. The molecular weight excluding hydrogens is 378 g/mol. The highest BCUT2D eigenvalue weighted by Gasteiger charge is 2.23. The van der Waals surface area contributed by atoms with E-state index in [0.717, 1.165) is 48.7 Å². The summed E-state index contributed by atoms with van der Waals surface area (Å²) in [6, 6.07) is 3.83. The first-order valence-corrected chi connectivity index (χ1v) is 10.2. The van der Waals surface area contributed by atoms with Crippen molar-refractivity contribution >= 4 is 29.6 Å². The van der Waals surface area contributed by atoms with Crippen molar-refractivity contribution in [2.24, 2.45) is 5.92 Å². The summed E-state index contributed by atoms with van der Waals surface area (Å²) >= 11 is 1.48. The van der Waals surface area contributed by atoms with Crippen molar-refractivity contribution in [3.63, 3.8) is 0 Å². The van der Waals surface area contributed by atoms with Gasteiger partial charge in [0, 0.05) is 13.1 Å². The molecule has 0 saturated carbocycles. The van der Waals surface area contributed by atoms with Crippen LogP contribution in [0.3, 0.4) is 0 Å². The molecule has 0 aromatic carbocycles. The first kappa shape index (κ1) is 18.5. The average Bonchev–Trinajstić information content (AvgIpc) is 3.31. The summed E-state index contributed by atoms with van der Waals surface area (Å²) in [4.78, 5) is 14.3. The molecule has 3 aromatic rings. The summed E-state index contributed by atoms with van der Waals surface area (Å²) in [6.45, 7) is 4.80. The van der Waals surface area contributed by atoms with E-state index in [1.807, 2.05) is 12.1 Å². The highest BCUT2D eigenvalue weighted by Crippen LogP contribution is 2.28. The molecule has 11 heteroatoms. The lowest BCUT2D eigenvalue weighted by molar-refractivity contribution is 0.427. The van der Waals surface area contributed by atoms with Gasteiger partial charge in [-0.1, -0.05) is 18.7 Å². The van der Waals surface area contributed by atoms with Gasteiger partial charge in [-0.15, -0.1) is 10.2 Å². The second-order valence-corrected chi connectivity index (χ2v) is 7.82. The summed E-state index contributed by atoms with van der Waals surface area (Å²) in [5, 5.41) is 9.64. The Kier molecular flexibility index (Phi) is 5.33. The molecule has 0 unspecified atom stereocenters. The lowest BCUT2D eigenvalue weighted by atomic mass is 10.00. The molecule has 1 fully saturated rings. The highest BCUT2D eigenvalue weighted by atomic mass is 32.2. The number of rotatable bonds is 6. The minimum atomic E-state index is 0.114. The summed E-state index contributed by atoms with van der Waals surface area (Å²) in [5.41, 5.74) is 11.3. The van der Waals surface area contributed by atoms with E-state index >= 15 is 0 Å². The van der Waals surface area contributed by atoms with E-state index in [-0.39, 0.29) is 11.9 Å². The number of nitrogens with two attached hydrogens (primary N) is 2. The molecule has 4 heterocycles. The van der Waals surface area contributed by atoms with Gasteiger partial charge in [-0.25, -0.2) is 0 Å². The molecule has 0 spiro atoms. The fraction of sp³-hybridized carbons (Fsp3) is 0.471. The Hall–Kier alpha value is -2.82. The third-order valence-corrected chi connectivity index (χ3v) is 5.67. The van der Waals surface area contributed by atoms with E-state index < -0.39 is 0 Å². The molecule has 1 aliphatic heterocycles. The molecular formula is C17H23N9OS. The van der Waals surface area contributed by atoms with Crippen molar-refractivity contribution in [3.8, 4) is 0 Å². The van der Waals surface area contributed by atoms with E-state index in [0.29, 0.717) is 18.1 Å². The minimum Gasteiger partial charge on any atom is -0.467 e. The average molecular weight is 402 g/mol. The molecule has 0 radical (unpaired) electrons. The van der Waals surface area contributed by atoms with Crippen LogP contribution >= 0.6 is 11.8 Å². The Bertz CT molecular complexity index is 899. The largest absolute Gasteiger partial charge is 0.467 e. The third kappa shape index (κ3) is 4.19. The zero-order valence-electron chi connectivity index (χ0n) is 15.7. The number of furan rings is 1. The molecule has 148 valence electrons. The van der Waals surface area contributed by atoms with Crippen LogP contribution in [0.15, 0.2) is 28.0 Å². The van der Waals surface area contributed by atoms with Crippen LogP contribution in [-0.4, -0.2) is 42.8 Å². The van der Waals surface area contributed by atoms with Crippen molar-refractivity contribution < 1.29 is 4.42 Å². The summed E-state index contributed by atoms with van der Waals surface area (Å²) in [6.07, 6.45) is 3.98. The molecule has 1 saturated heterocycles. The van der Waals surface area contributed by atoms with Crippen LogP contribution in [0.4, 0.5) is 17.8 Å². The SMILES string of the molecule is CC1CCN(c2nnc(SCc3nc(N)nc(N)n3)n2Cc2ccco2)CC1. The predicted molar refractivity (Wildman–Crippen MR) is 107 cm³/mol. The Labute approximate surface area is 166 Å². The van der Waals surface area contributed by atoms with Crippen LogP contribution < -0.4 is 16.4 Å². The smallest absolute Gasteiger partial charge is 0.228 e. The minimum absolute atomic E-state index is 0.114. The molecule has 0 aliphatic carbocycles. The fourth-order valence-electron chi connectivity index (χ4n) is 3.18. The molecule has 0 amide bonds. The first-order valence-electron chi connectivity index (χ1n) is 9.17. The molecule has 3 aromatic heterocycles. The van der Waals surface area contributed by atoms with Crippen LogP contribution in [0.5, 0.6) is 0 Å². The molecule has 4 rings (SSSR count). The maximum atomic E-state index is 5.66. The molecule has 28 heavy (non-hydrogen) atoms. The lowest BCUT2D eigenvalue weighted by Crippen LogP contribution is -2.35. The summed E-state index contributed by atoms with van der Waals surface area (Å²) in [5.74, 6) is 3.65. The second kappa shape index (κ2) is 8.05. The van der Waals surface area contributed by atoms with E-state index in [9.17, 15) is 0 Å². The second-order valence-electron chi connectivity index (χ2n) is 6.87. The topological polar surface area (TPSA) is 138 Å². The van der Waals surface area contributed by atoms with Crippen molar-refractivity contribution in [1.82, 2.24) is 29.7 Å². The van der Waals surface area contributed by atoms with Gasteiger partial charge in [0.15, 0.2) is 5.16 Å². The van der Waals surface area contributed by atoms with Gasteiger partial charge in [-0.2, -0.15) is 15.0 Å². The van der Waals surface area contributed by atoms with Crippen LogP contribution in [0.25, 0.3) is 0 Å². The predicted octanol–water partition coefficient (Wildman–Crippen LogP) is 1.80. The fourth-order valence-corrected chi connectivity index (χ4v) is 3.97. The maximum Gasteiger partial charge on any atom is 0.228 e. The van der Waals surface area contributed by atoms with Gasteiger partial charge >= 0.3 is 0 Å². The first-order chi connectivity index (χ1) is 13.6. The van der Waals surface area contributed by atoms with Crippen LogP contribution in [0.1, 0.15) is 31.4 Å². The molecule has 4 N–H and O–H groups in total. The number of hydrogen-bond donors (Lipinski definition) is 2. The number of anilines is 3. The standard InChI is InChI=1S/C17H23N9OS/c1-11-4-6-25(7-5-11)16-23-24-17(26(16)9-12-3-2-8-27-12)28-10-13-20-14(18)22-15(19)21-13/h2-3,8,11H,4-7,9-10H2,1H3,(H4,18,19,20,21,22). The number of piperidine rings is 1. The zero-order chi connectivity index (χ0) is 19.5. The van der Waals surface area contributed by atoms with Crippen molar-refractivity contribution in [2.75, 3.05) is 29.5 Å². The van der Waals surface area contributed by atoms with Gasteiger partial charge < -0.3 is 20.8 Å². The van der Waals surface area contributed by atoms with E-state index in [1.165, 1.54) is 11.8 Å². The monoisotopic (exact) mass is 401 g/mol. The normalized spacial score (nSPS) is 15.2. The highest BCUT2D eigenvalue weighted by molar-refractivity contribution is 7.98. The van der Waals surface area contributed by atoms with Crippen molar-refractivity contribution in [3.05, 3.63) is 30.0 Å². The van der Waals surface area contributed by atoms with Gasteiger partial charge in [0.05, 0.1) is 18.6 Å². The molecule has 10 nitrogen and oxygen atoms in total. The molecule has 0 atom stereocenters. The molecule has 0 bridgehead atoms. The number of hydrogen-bond acceptors (Lipinski definition) is 10. The van der Waals surface area contributed by atoms with E-state index in [2.05, 4.69) is 41.5 Å².